The fourth-order valence-corrected chi connectivity index (χ4v) is 5.03. The van der Waals surface area contributed by atoms with Crippen molar-refractivity contribution in [1.29, 1.82) is 0 Å². The van der Waals surface area contributed by atoms with E-state index in [2.05, 4.69) is 10.3 Å². The van der Waals surface area contributed by atoms with Crippen LogP contribution >= 0.6 is 11.3 Å². The van der Waals surface area contributed by atoms with Crippen LogP contribution in [0.25, 0.3) is 0 Å². The fraction of sp³-hybridized carbons (Fsp3) is 0.632. The van der Waals surface area contributed by atoms with Crippen LogP contribution in [0, 0.1) is 11.8 Å². The molecule has 0 aromatic carbocycles. The van der Waals surface area contributed by atoms with Gasteiger partial charge in [-0.05, 0) is 25.7 Å². The number of esters is 1. The van der Waals surface area contributed by atoms with Crippen molar-refractivity contribution in [2.45, 2.75) is 51.0 Å². The third-order valence-electron chi connectivity index (χ3n) is 5.89. The van der Waals surface area contributed by atoms with Gasteiger partial charge in [0.2, 0.25) is 11.8 Å². The zero-order valence-electron chi connectivity index (χ0n) is 15.7. The summed E-state index contributed by atoms with van der Waals surface area (Å²) in [5.74, 6) is -1.27. The Kier molecular flexibility index (Phi) is 5.18. The van der Waals surface area contributed by atoms with E-state index in [4.69, 9.17) is 4.74 Å². The van der Waals surface area contributed by atoms with Crippen molar-refractivity contribution in [3.63, 3.8) is 0 Å². The lowest BCUT2D eigenvalue weighted by Gasteiger charge is -2.28. The second-order valence-corrected chi connectivity index (χ2v) is 8.65. The van der Waals surface area contributed by atoms with Crippen LogP contribution in [-0.4, -0.2) is 53.1 Å². The van der Waals surface area contributed by atoms with E-state index in [9.17, 15) is 19.2 Å². The van der Waals surface area contributed by atoms with Crippen molar-refractivity contribution in [2.75, 3.05) is 19.0 Å². The van der Waals surface area contributed by atoms with Gasteiger partial charge in [0.05, 0.1) is 23.6 Å². The standard InChI is InChI=1S/C19H23N3O5S/c1-27-18(26)13-6-3-7-22(13)17(25)11-8-12-15(14(23)9-11)28-19(20-12)21-16(24)10-4-2-5-10/h10-11,13H,2-9H2,1H3,(H,20,21,24)/t11-,13+/m1/s1. The van der Waals surface area contributed by atoms with E-state index >= 15 is 0 Å². The van der Waals surface area contributed by atoms with Gasteiger partial charge in [0.1, 0.15) is 6.04 Å². The molecule has 0 radical (unpaired) electrons. The molecule has 8 nitrogen and oxygen atoms in total. The average molecular weight is 405 g/mol. The quantitative estimate of drug-likeness (QED) is 0.766. The number of fused-ring (bicyclic) bond motifs is 1. The first kappa shape index (κ1) is 19.0. The Morgan fingerprint density at radius 2 is 1.93 bits per heavy atom. The minimum Gasteiger partial charge on any atom is -0.467 e. The third-order valence-corrected chi connectivity index (χ3v) is 6.94. The van der Waals surface area contributed by atoms with E-state index in [1.54, 1.807) is 4.90 Å². The molecule has 3 aliphatic rings. The maximum absolute atomic E-state index is 13.0. The number of aromatic nitrogens is 1. The van der Waals surface area contributed by atoms with Crippen molar-refractivity contribution in [2.24, 2.45) is 11.8 Å². The maximum atomic E-state index is 13.0. The zero-order chi connectivity index (χ0) is 19.8. The van der Waals surface area contributed by atoms with Gasteiger partial charge in [-0.3, -0.25) is 14.4 Å². The predicted octanol–water partition coefficient (Wildman–Crippen LogP) is 1.79. The number of anilines is 1. The van der Waals surface area contributed by atoms with Gasteiger partial charge in [-0.2, -0.15) is 0 Å². The van der Waals surface area contributed by atoms with Crippen LogP contribution < -0.4 is 5.32 Å². The molecule has 2 atom stereocenters. The van der Waals surface area contributed by atoms with Gasteiger partial charge in [-0.25, -0.2) is 9.78 Å². The zero-order valence-corrected chi connectivity index (χ0v) is 16.5. The number of carbonyl (C=O) groups is 4. The molecule has 1 saturated heterocycles. The molecule has 1 aromatic rings. The number of Topliss-reactive ketones (excluding diaryl/α,β-unsaturated/α-hetero) is 1. The van der Waals surface area contributed by atoms with Gasteiger partial charge >= 0.3 is 5.97 Å². The van der Waals surface area contributed by atoms with Gasteiger partial charge < -0.3 is 15.0 Å². The largest absolute Gasteiger partial charge is 0.467 e. The minimum atomic E-state index is -0.568. The maximum Gasteiger partial charge on any atom is 0.328 e. The molecule has 0 bridgehead atoms. The Labute approximate surface area is 166 Å². The highest BCUT2D eigenvalue weighted by Gasteiger charge is 2.41. The Hall–Kier alpha value is -2.29. The number of hydrogen-bond acceptors (Lipinski definition) is 7. The van der Waals surface area contributed by atoms with Crippen molar-refractivity contribution in [3.05, 3.63) is 10.6 Å². The number of ether oxygens (including phenoxy) is 1. The number of thiazole rings is 1. The Balaban J connectivity index is 1.46. The molecular formula is C19H23N3O5S. The number of hydrogen-bond donors (Lipinski definition) is 1. The monoisotopic (exact) mass is 405 g/mol. The molecule has 2 aliphatic carbocycles. The van der Waals surface area contributed by atoms with Gasteiger partial charge in [-0.15, -0.1) is 0 Å². The molecule has 1 N–H and O–H groups in total. The second kappa shape index (κ2) is 7.62. The number of nitrogens with one attached hydrogen (secondary N) is 1. The van der Waals surface area contributed by atoms with Crippen LogP contribution in [0.5, 0.6) is 0 Å². The molecule has 28 heavy (non-hydrogen) atoms. The summed E-state index contributed by atoms with van der Waals surface area (Å²) in [5, 5.41) is 3.24. The van der Waals surface area contributed by atoms with E-state index in [-0.39, 0.29) is 29.9 Å². The smallest absolute Gasteiger partial charge is 0.328 e. The lowest BCUT2D eigenvalue weighted by Crippen LogP contribution is -2.45. The van der Waals surface area contributed by atoms with Crippen LogP contribution in [0.15, 0.2) is 0 Å². The molecule has 2 heterocycles. The molecule has 150 valence electrons. The Morgan fingerprint density at radius 1 is 1.14 bits per heavy atom. The highest BCUT2D eigenvalue weighted by molar-refractivity contribution is 7.17. The number of likely N-dealkylation sites (tertiary alicyclic amines) is 1. The summed E-state index contributed by atoms with van der Waals surface area (Å²) in [6.07, 6.45) is 4.63. The molecule has 0 spiro atoms. The SMILES string of the molecule is COC(=O)[C@@H]1CCCN1C(=O)[C@H]1CC(=O)c2sc(NC(=O)C3CCC3)nc2C1. The van der Waals surface area contributed by atoms with E-state index in [1.165, 1.54) is 18.4 Å². The van der Waals surface area contributed by atoms with Crippen molar-refractivity contribution in [3.8, 4) is 0 Å². The molecule has 0 unspecified atom stereocenters. The molecule has 2 amide bonds. The van der Waals surface area contributed by atoms with Gasteiger partial charge in [0.25, 0.3) is 0 Å². The minimum absolute atomic E-state index is 0.0383. The fourth-order valence-electron chi connectivity index (χ4n) is 4.08. The molecule has 2 fully saturated rings. The van der Waals surface area contributed by atoms with Gasteiger partial charge in [-0.1, -0.05) is 17.8 Å². The summed E-state index contributed by atoms with van der Waals surface area (Å²) in [5.41, 5.74) is 0.567. The number of ketones is 1. The Bertz CT molecular complexity index is 832. The predicted molar refractivity (Wildman–Crippen MR) is 101 cm³/mol. The van der Waals surface area contributed by atoms with Crippen LogP contribution in [0.4, 0.5) is 5.13 Å². The first-order valence-corrected chi connectivity index (χ1v) is 10.5. The average Bonchev–Trinajstić information content (AvgIpc) is 3.25. The summed E-state index contributed by atoms with van der Waals surface area (Å²) in [4.78, 5) is 56.1. The van der Waals surface area contributed by atoms with E-state index in [0.717, 1.165) is 25.7 Å². The van der Waals surface area contributed by atoms with Crippen LogP contribution in [-0.2, 0) is 25.5 Å². The van der Waals surface area contributed by atoms with Crippen LogP contribution in [0.3, 0.4) is 0 Å². The van der Waals surface area contributed by atoms with Crippen molar-refractivity contribution < 1.29 is 23.9 Å². The lowest BCUT2D eigenvalue weighted by molar-refractivity contribution is -0.152. The van der Waals surface area contributed by atoms with E-state index in [1.807, 2.05) is 0 Å². The molecule has 1 aromatic heterocycles. The first-order chi connectivity index (χ1) is 13.5. The van der Waals surface area contributed by atoms with Crippen molar-refractivity contribution >= 4 is 40.0 Å². The normalized spacial score (nSPS) is 24.5. The summed E-state index contributed by atoms with van der Waals surface area (Å²) in [7, 11) is 1.31. The number of rotatable bonds is 4. The summed E-state index contributed by atoms with van der Waals surface area (Å²) < 4.78 is 4.80. The van der Waals surface area contributed by atoms with Crippen LogP contribution in [0.2, 0.25) is 0 Å². The van der Waals surface area contributed by atoms with Crippen LogP contribution in [0.1, 0.15) is 53.9 Å². The molecule has 9 heteroatoms. The number of nitrogens with zero attached hydrogens (tertiary/aromatic N) is 2. The lowest BCUT2D eigenvalue weighted by atomic mass is 9.85. The first-order valence-electron chi connectivity index (χ1n) is 9.70. The van der Waals surface area contributed by atoms with E-state index < -0.39 is 17.9 Å². The molecule has 4 rings (SSSR count). The number of amides is 2. The number of methoxy groups -OCH3 is 1. The number of carbonyl (C=O) groups excluding carboxylic acids is 4. The second-order valence-electron chi connectivity index (χ2n) is 7.65. The molecular weight excluding hydrogens is 382 g/mol. The topological polar surface area (TPSA) is 106 Å². The van der Waals surface area contributed by atoms with Crippen molar-refractivity contribution in [1.82, 2.24) is 9.88 Å². The summed E-state index contributed by atoms with van der Waals surface area (Å²) in [6.45, 7) is 0.496. The molecule has 1 aliphatic heterocycles. The van der Waals surface area contributed by atoms with Gasteiger partial charge in [0.15, 0.2) is 10.9 Å². The highest BCUT2D eigenvalue weighted by atomic mass is 32.1. The summed E-state index contributed by atoms with van der Waals surface area (Å²) in [6, 6.07) is -0.568. The Morgan fingerprint density at radius 3 is 2.61 bits per heavy atom. The molecule has 1 saturated carbocycles. The van der Waals surface area contributed by atoms with E-state index in [0.29, 0.717) is 35.1 Å². The van der Waals surface area contributed by atoms with Gasteiger partial charge in [0, 0.05) is 25.3 Å². The third kappa shape index (κ3) is 3.43. The summed E-state index contributed by atoms with van der Waals surface area (Å²) >= 11 is 1.19. The highest BCUT2D eigenvalue weighted by Crippen LogP contribution is 2.35.